The zero-order valence-electron chi connectivity index (χ0n) is 19.7. The molecule has 5 fully saturated rings. The van der Waals surface area contributed by atoms with E-state index in [-0.39, 0.29) is 47.3 Å². The van der Waals surface area contributed by atoms with E-state index >= 15 is 0 Å². The third-order valence-electron chi connectivity index (χ3n) is 10.7. The number of ether oxygens (including phenoxy) is 2. The maximum atomic E-state index is 13.8. The van der Waals surface area contributed by atoms with Gasteiger partial charge in [-0.1, -0.05) is 20.8 Å². The number of carboxylic acid groups (broad SMARTS) is 1. The van der Waals surface area contributed by atoms with Crippen LogP contribution in [0, 0.1) is 46.3 Å². The number of hydrogen-bond donors (Lipinski definition) is 1. The van der Waals surface area contributed by atoms with Crippen LogP contribution in [-0.2, 0) is 23.9 Å². The lowest BCUT2D eigenvalue weighted by Gasteiger charge is -2.60. The van der Waals surface area contributed by atoms with Gasteiger partial charge in [0.2, 0.25) is 0 Å². The van der Waals surface area contributed by atoms with Crippen LogP contribution in [0.5, 0.6) is 0 Å². The van der Waals surface area contributed by atoms with E-state index in [1.807, 2.05) is 0 Å². The molecule has 1 spiro atoms. The Morgan fingerprint density at radius 1 is 1.09 bits per heavy atom. The molecule has 6 heteroatoms. The van der Waals surface area contributed by atoms with Gasteiger partial charge in [0.25, 0.3) is 0 Å². The van der Waals surface area contributed by atoms with Crippen molar-refractivity contribution in [3.05, 3.63) is 0 Å². The number of fused-ring (bicyclic) bond motifs is 5. The van der Waals surface area contributed by atoms with Crippen molar-refractivity contribution in [2.45, 2.75) is 84.3 Å². The first-order valence-electron chi connectivity index (χ1n) is 12.7. The van der Waals surface area contributed by atoms with Gasteiger partial charge in [-0.2, -0.15) is 0 Å². The number of ketones is 2. The fraction of sp³-hybridized carbons (Fsp3) is 0.885. The van der Waals surface area contributed by atoms with E-state index in [1.54, 1.807) is 0 Å². The molecule has 6 nitrogen and oxygen atoms in total. The highest BCUT2D eigenvalue weighted by Gasteiger charge is 2.67. The molecule has 1 heterocycles. The molecule has 0 aromatic heterocycles. The average molecular weight is 447 g/mol. The molecule has 1 N–H and O–H groups in total. The van der Waals surface area contributed by atoms with E-state index in [0.29, 0.717) is 44.0 Å². The van der Waals surface area contributed by atoms with Gasteiger partial charge in [0.05, 0.1) is 13.2 Å². The summed E-state index contributed by atoms with van der Waals surface area (Å²) in [6.45, 7) is 7.78. The van der Waals surface area contributed by atoms with Gasteiger partial charge < -0.3 is 14.6 Å². The smallest absolute Gasteiger partial charge is 0.303 e. The molecule has 4 aliphatic carbocycles. The summed E-state index contributed by atoms with van der Waals surface area (Å²) in [5.74, 6) is 0.121. The fourth-order valence-electron chi connectivity index (χ4n) is 8.85. The highest BCUT2D eigenvalue weighted by Crippen LogP contribution is 2.67. The van der Waals surface area contributed by atoms with Crippen LogP contribution >= 0.6 is 0 Å². The molecule has 5 rings (SSSR count). The normalized spacial score (nSPS) is 45.9. The first-order valence-corrected chi connectivity index (χ1v) is 12.7. The quantitative estimate of drug-likeness (QED) is 0.694. The minimum atomic E-state index is -0.779. The second kappa shape index (κ2) is 7.63. The third-order valence-corrected chi connectivity index (χ3v) is 10.7. The molecule has 8 atom stereocenters. The molecule has 0 amide bonds. The van der Waals surface area contributed by atoms with Gasteiger partial charge in [0, 0.05) is 43.4 Å². The summed E-state index contributed by atoms with van der Waals surface area (Å²) in [7, 11) is 0. The standard InChI is InChI=1S/C26H38O6/c1-15(4-7-22(29)30)17-5-6-18-23-19(13-21(28)25(17,18)3)24(2)8-9-26(31-10-11-32-26)14-16(24)12-20(23)27/h15-19,23H,4-14H2,1-3H3,(H,29,30)/t15-,16+,17+,18-,19-,23+,24-,25+/m0/s1. The van der Waals surface area contributed by atoms with E-state index in [1.165, 1.54) is 0 Å². The number of carbonyl (C=O) groups excluding carboxylic acids is 2. The Kier molecular flexibility index (Phi) is 5.37. The SMILES string of the molecule is C[C@@H](CCC(=O)O)[C@H]1CC[C@H]2[C@H]3C(=O)C[C@@H]4CC5(CC[C@]4(C)[C@H]3CC(=O)[C@]12C)OCCO5. The lowest BCUT2D eigenvalue weighted by molar-refractivity contribution is -0.225. The van der Waals surface area contributed by atoms with Gasteiger partial charge in [-0.15, -0.1) is 0 Å². The second-order valence-electron chi connectivity index (χ2n) is 11.9. The lowest BCUT2D eigenvalue weighted by atomic mass is 9.43. The van der Waals surface area contributed by atoms with Crippen LogP contribution in [0.4, 0.5) is 0 Å². The van der Waals surface area contributed by atoms with Crippen LogP contribution in [0.1, 0.15) is 78.6 Å². The molecule has 0 unspecified atom stereocenters. The zero-order valence-corrected chi connectivity index (χ0v) is 19.7. The molecule has 0 aromatic rings. The summed E-state index contributed by atoms with van der Waals surface area (Å²) >= 11 is 0. The fourth-order valence-corrected chi connectivity index (χ4v) is 8.85. The maximum absolute atomic E-state index is 13.8. The Balaban J connectivity index is 1.41. The summed E-state index contributed by atoms with van der Waals surface area (Å²) in [5, 5.41) is 9.13. The van der Waals surface area contributed by atoms with E-state index < -0.39 is 17.2 Å². The van der Waals surface area contributed by atoms with Crippen molar-refractivity contribution in [3.63, 3.8) is 0 Å². The van der Waals surface area contributed by atoms with Crippen LogP contribution in [0.25, 0.3) is 0 Å². The van der Waals surface area contributed by atoms with Crippen LogP contribution in [0.2, 0.25) is 0 Å². The minimum absolute atomic E-state index is 0.0247. The number of aliphatic carboxylic acids is 1. The van der Waals surface area contributed by atoms with Gasteiger partial charge in [-0.25, -0.2) is 0 Å². The Hall–Kier alpha value is -1.27. The van der Waals surface area contributed by atoms with Crippen LogP contribution in [0.3, 0.4) is 0 Å². The molecule has 178 valence electrons. The average Bonchev–Trinajstić information content (AvgIpc) is 3.34. The molecular formula is C26H38O6. The number of carbonyl (C=O) groups is 3. The summed E-state index contributed by atoms with van der Waals surface area (Å²) in [4.78, 5) is 38.6. The maximum Gasteiger partial charge on any atom is 0.303 e. The summed E-state index contributed by atoms with van der Waals surface area (Å²) in [6, 6.07) is 0. The van der Waals surface area contributed by atoms with Crippen molar-refractivity contribution in [1.29, 1.82) is 0 Å². The van der Waals surface area contributed by atoms with Gasteiger partial charge in [-0.3, -0.25) is 14.4 Å². The van der Waals surface area contributed by atoms with Crippen molar-refractivity contribution >= 4 is 17.5 Å². The number of Topliss-reactive ketones (excluding diaryl/α,β-unsaturated/α-hetero) is 2. The van der Waals surface area contributed by atoms with Crippen LogP contribution < -0.4 is 0 Å². The number of carboxylic acids is 1. The third kappa shape index (κ3) is 3.15. The largest absolute Gasteiger partial charge is 0.481 e. The molecule has 0 aromatic carbocycles. The lowest BCUT2D eigenvalue weighted by Crippen LogP contribution is -2.61. The van der Waals surface area contributed by atoms with Crippen molar-refractivity contribution in [2.75, 3.05) is 13.2 Å². The van der Waals surface area contributed by atoms with Gasteiger partial charge >= 0.3 is 5.97 Å². The first-order chi connectivity index (χ1) is 15.1. The monoisotopic (exact) mass is 446 g/mol. The zero-order chi connectivity index (χ0) is 22.9. The molecule has 32 heavy (non-hydrogen) atoms. The van der Waals surface area contributed by atoms with Gasteiger partial charge in [0.15, 0.2) is 5.79 Å². The Bertz CT molecular complexity index is 815. The molecular weight excluding hydrogens is 408 g/mol. The van der Waals surface area contributed by atoms with E-state index in [0.717, 1.165) is 32.1 Å². The summed E-state index contributed by atoms with van der Waals surface area (Å²) < 4.78 is 12.0. The summed E-state index contributed by atoms with van der Waals surface area (Å²) in [5.41, 5.74) is -0.519. The first kappa shape index (κ1) is 22.5. The number of rotatable bonds is 4. The van der Waals surface area contributed by atoms with Crippen molar-refractivity contribution in [2.24, 2.45) is 46.3 Å². The molecule has 1 saturated heterocycles. The summed E-state index contributed by atoms with van der Waals surface area (Å²) in [6.07, 6.45) is 6.21. The van der Waals surface area contributed by atoms with Gasteiger partial charge in [0.1, 0.15) is 11.6 Å². The predicted molar refractivity (Wildman–Crippen MR) is 117 cm³/mol. The van der Waals surface area contributed by atoms with Crippen molar-refractivity contribution in [3.8, 4) is 0 Å². The van der Waals surface area contributed by atoms with Crippen LogP contribution in [0.15, 0.2) is 0 Å². The Labute approximate surface area is 190 Å². The Morgan fingerprint density at radius 3 is 2.50 bits per heavy atom. The minimum Gasteiger partial charge on any atom is -0.481 e. The predicted octanol–water partition coefficient (Wildman–Crippen LogP) is 4.25. The second-order valence-corrected chi connectivity index (χ2v) is 11.9. The van der Waals surface area contributed by atoms with Crippen LogP contribution in [-0.4, -0.2) is 41.6 Å². The molecule has 5 aliphatic rings. The van der Waals surface area contributed by atoms with Gasteiger partial charge in [-0.05, 0) is 60.7 Å². The topological polar surface area (TPSA) is 89.9 Å². The Morgan fingerprint density at radius 2 is 1.81 bits per heavy atom. The van der Waals surface area contributed by atoms with E-state index in [9.17, 15) is 14.4 Å². The van der Waals surface area contributed by atoms with E-state index in [4.69, 9.17) is 14.6 Å². The molecule has 0 radical (unpaired) electrons. The molecule has 4 saturated carbocycles. The highest BCUT2D eigenvalue weighted by atomic mass is 16.7. The molecule has 0 bridgehead atoms. The number of hydrogen-bond acceptors (Lipinski definition) is 5. The molecule has 1 aliphatic heterocycles. The van der Waals surface area contributed by atoms with Crippen molar-refractivity contribution in [1.82, 2.24) is 0 Å². The van der Waals surface area contributed by atoms with Crippen molar-refractivity contribution < 1.29 is 29.0 Å². The highest BCUT2D eigenvalue weighted by molar-refractivity contribution is 5.92. The van der Waals surface area contributed by atoms with E-state index in [2.05, 4.69) is 20.8 Å².